The van der Waals surface area contributed by atoms with E-state index >= 15 is 0 Å². The van der Waals surface area contributed by atoms with Crippen LogP contribution in [0.3, 0.4) is 0 Å². The van der Waals surface area contributed by atoms with Crippen LogP contribution in [0, 0.1) is 0 Å². The van der Waals surface area contributed by atoms with E-state index in [1.54, 1.807) is 0 Å². The summed E-state index contributed by atoms with van der Waals surface area (Å²) in [7, 11) is 0. The van der Waals surface area contributed by atoms with Crippen molar-refractivity contribution in [3.63, 3.8) is 0 Å². The summed E-state index contributed by atoms with van der Waals surface area (Å²) < 4.78 is 2.27. The molecule has 0 amide bonds. The first kappa shape index (κ1) is 27.4. The zero-order valence-corrected chi connectivity index (χ0v) is 27.2. The number of rotatable bonds is 3. The Labute approximate surface area is 290 Å². The Bertz CT molecular complexity index is 2800. The van der Waals surface area contributed by atoms with Crippen molar-refractivity contribution in [1.82, 2.24) is 9.55 Å². The van der Waals surface area contributed by atoms with Gasteiger partial charge in [-0.1, -0.05) is 152 Å². The molecule has 1 heterocycles. The van der Waals surface area contributed by atoms with Crippen molar-refractivity contribution in [2.24, 2.45) is 0 Å². The maximum atomic E-state index is 5.05. The first-order chi connectivity index (χ1) is 24.8. The Morgan fingerprint density at radius 3 is 1.80 bits per heavy atom. The third-order valence-corrected chi connectivity index (χ3v) is 11.0. The molecular formula is C48H30N2. The molecule has 8 aromatic carbocycles. The smallest absolute Gasteiger partial charge is 0.145 e. The van der Waals surface area contributed by atoms with Crippen molar-refractivity contribution in [3.8, 4) is 50.5 Å². The van der Waals surface area contributed by atoms with Gasteiger partial charge in [-0.3, -0.25) is 4.57 Å². The van der Waals surface area contributed by atoms with Crippen LogP contribution in [0.2, 0.25) is 0 Å². The molecule has 1 unspecified atom stereocenters. The molecule has 9 aromatic rings. The van der Waals surface area contributed by atoms with Crippen molar-refractivity contribution in [2.75, 3.05) is 0 Å². The lowest BCUT2D eigenvalue weighted by Gasteiger charge is -2.40. The first-order valence-electron chi connectivity index (χ1n) is 17.3. The highest BCUT2D eigenvalue weighted by Gasteiger charge is 2.49. The fourth-order valence-corrected chi connectivity index (χ4v) is 8.98. The van der Waals surface area contributed by atoms with Crippen LogP contribution in [-0.4, -0.2) is 9.55 Å². The number of hydrogen-bond acceptors (Lipinski definition) is 1. The lowest BCUT2D eigenvalue weighted by Crippen LogP contribution is -2.31. The molecule has 0 aliphatic heterocycles. The number of imidazole rings is 1. The molecule has 0 radical (unpaired) electrons. The van der Waals surface area contributed by atoms with Crippen LogP contribution in [0.5, 0.6) is 0 Å². The summed E-state index contributed by atoms with van der Waals surface area (Å²) in [5.41, 5.74) is 17.0. The topological polar surface area (TPSA) is 17.8 Å². The molecule has 0 N–H and O–H groups in total. The van der Waals surface area contributed by atoms with E-state index < -0.39 is 5.41 Å². The summed E-state index contributed by atoms with van der Waals surface area (Å²) in [6.45, 7) is 0. The van der Waals surface area contributed by atoms with Gasteiger partial charge in [-0.25, -0.2) is 4.98 Å². The maximum Gasteiger partial charge on any atom is 0.145 e. The quantitative estimate of drug-likeness (QED) is 0.189. The Morgan fingerprint density at radius 2 is 1.00 bits per heavy atom. The fourth-order valence-electron chi connectivity index (χ4n) is 8.98. The fraction of sp³-hybridized carbons (Fsp3) is 0.0208. The van der Waals surface area contributed by atoms with E-state index in [-0.39, 0.29) is 0 Å². The molecular weight excluding hydrogens is 605 g/mol. The molecule has 1 aromatic heterocycles. The summed E-state index contributed by atoms with van der Waals surface area (Å²) in [5, 5.41) is 2.65. The number of fused-ring (bicyclic) bond motifs is 10. The summed E-state index contributed by atoms with van der Waals surface area (Å²) in [6.07, 6.45) is 0. The highest BCUT2D eigenvalue weighted by Crippen LogP contribution is 2.62. The standard InChI is InChI=1S/C48H30N2/c1-2-12-33(13-3-1)47-49-44-22-8-9-23-45(44)50(47)35-27-24-31(25-28-35)34-26-29-42-39(30-34)37-17-5-7-20-41(37)48(42)40-19-6-4-16-36(40)38-18-10-14-32-15-11-21-43(48)46(32)38/h1-30H. The highest BCUT2D eigenvalue weighted by molar-refractivity contribution is 6.07. The van der Waals surface area contributed by atoms with Crippen LogP contribution < -0.4 is 0 Å². The second-order valence-corrected chi connectivity index (χ2v) is 13.5. The van der Waals surface area contributed by atoms with Crippen LogP contribution >= 0.6 is 0 Å². The maximum absolute atomic E-state index is 5.05. The van der Waals surface area contributed by atoms with Crippen molar-refractivity contribution in [1.29, 1.82) is 0 Å². The van der Waals surface area contributed by atoms with Gasteiger partial charge in [0.1, 0.15) is 5.82 Å². The Morgan fingerprint density at radius 1 is 0.400 bits per heavy atom. The predicted octanol–water partition coefficient (Wildman–Crippen LogP) is 11.9. The zero-order chi connectivity index (χ0) is 32.8. The summed E-state index contributed by atoms with van der Waals surface area (Å²) in [4.78, 5) is 5.05. The predicted molar refractivity (Wildman–Crippen MR) is 206 cm³/mol. The van der Waals surface area contributed by atoms with Gasteiger partial charge in [-0.05, 0) is 96.7 Å². The highest BCUT2D eigenvalue weighted by atomic mass is 15.1. The van der Waals surface area contributed by atoms with Gasteiger partial charge < -0.3 is 0 Å². The molecule has 0 bridgehead atoms. The van der Waals surface area contributed by atoms with Crippen LogP contribution in [0.25, 0.3) is 72.3 Å². The molecule has 2 nitrogen and oxygen atoms in total. The number of para-hydroxylation sites is 2. The van der Waals surface area contributed by atoms with Gasteiger partial charge in [0, 0.05) is 11.3 Å². The first-order valence-corrected chi connectivity index (χ1v) is 17.3. The summed E-state index contributed by atoms with van der Waals surface area (Å²) in [5.74, 6) is 0.948. The van der Waals surface area contributed by atoms with Gasteiger partial charge in [0.15, 0.2) is 0 Å². The molecule has 232 valence electrons. The molecule has 2 aliphatic rings. The van der Waals surface area contributed by atoms with Crippen molar-refractivity contribution >= 4 is 21.8 Å². The molecule has 0 saturated heterocycles. The molecule has 0 saturated carbocycles. The van der Waals surface area contributed by atoms with Gasteiger partial charge in [0.25, 0.3) is 0 Å². The number of benzene rings is 8. The lowest BCUT2D eigenvalue weighted by molar-refractivity contribution is 0.773. The van der Waals surface area contributed by atoms with E-state index in [9.17, 15) is 0 Å². The van der Waals surface area contributed by atoms with Crippen LogP contribution in [0.15, 0.2) is 182 Å². The van der Waals surface area contributed by atoms with Gasteiger partial charge in [0.2, 0.25) is 0 Å². The minimum atomic E-state index is -0.394. The average Bonchev–Trinajstić information content (AvgIpc) is 3.72. The number of hydrogen-bond donors (Lipinski definition) is 0. The van der Waals surface area contributed by atoms with Crippen LogP contribution in [0.1, 0.15) is 22.3 Å². The van der Waals surface area contributed by atoms with Crippen molar-refractivity contribution in [2.45, 2.75) is 5.41 Å². The van der Waals surface area contributed by atoms with E-state index in [1.807, 2.05) is 0 Å². The van der Waals surface area contributed by atoms with Gasteiger partial charge in [-0.2, -0.15) is 0 Å². The van der Waals surface area contributed by atoms with Gasteiger partial charge in [0.05, 0.1) is 16.4 Å². The largest absolute Gasteiger partial charge is 0.292 e. The van der Waals surface area contributed by atoms with Crippen molar-refractivity contribution in [3.05, 3.63) is 204 Å². The minimum Gasteiger partial charge on any atom is -0.292 e. The monoisotopic (exact) mass is 634 g/mol. The molecule has 11 rings (SSSR count). The second-order valence-electron chi connectivity index (χ2n) is 13.5. The van der Waals surface area contributed by atoms with E-state index in [0.717, 1.165) is 28.1 Å². The Balaban J connectivity index is 1.09. The Hall–Kier alpha value is -6.51. The number of nitrogens with zero attached hydrogens (tertiary/aromatic N) is 2. The summed E-state index contributed by atoms with van der Waals surface area (Å²) >= 11 is 0. The minimum absolute atomic E-state index is 0.394. The molecule has 0 fully saturated rings. The number of aromatic nitrogens is 2. The SMILES string of the molecule is c1ccc(-c2nc3ccccc3n2-c2ccc(-c3ccc4c(c3)-c3ccccc3C43c4ccccc4-c4cccc5cccc3c45)cc2)cc1. The lowest BCUT2D eigenvalue weighted by atomic mass is 9.61. The van der Waals surface area contributed by atoms with Crippen LogP contribution in [0.4, 0.5) is 0 Å². The van der Waals surface area contributed by atoms with E-state index in [2.05, 4.69) is 187 Å². The normalized spacial score (nSPS) is 15.3. The second kappa shape index (κ2) is 10.2. The van der Waals surface area contributed by atoms with E-state index in [4.69, 9.17) is 4.98 Å². The molecule has 2 aliphatic carbocycles. The van der Waals surface area contributed by atoms with Crippen LogP contribution in [-0.2, 0) is 5.41 Å². The average molecular weight is 635 g/mol. The van der Waals surface area contributed by atoms with Crippen molar-refractivity contribution < 1.29 is 0 Å². The molecule has 1 spiro atoms. The third-order valence-electron chi connectivity index (χ3n) is 11.0. The van der Waals surface area contributed by atoms with Gasteiger partial charge >= 0.3 is 0 Å². The Kier molecular flexibility index (Phi) is 5.62. The van der Waals surface area contributed by atoms with E-state index in [1.165, 1.54) is 66.4 Å². The third kappa shape index (κ3) is 3.60. The molecule has 50 heavy (non-hydrogen) atoms. The van der Waals surface area contributed by atoms with Gasteiger partial charge in [-0.15, -0.1) is 0 Å². The summed E-state index contributed by atoms with van der Waals surface area (Å²) in [6, 6.07) is 66.7. The zero-order valence-electron chi connectivity index (χ0n) is 27.2. The van der Waals surface area contributed by atoms with E-state index in [0.29, 0.717) is 0 Å². The molecule has 1 atom stereocenters. The molecule has 2 heteroatoms.